The van der Waals surface area contributed by atoms with Crippen LogP contribution in [0.25, 0.3) is 0 Å². The Kier molecular flexibility index (Phi) is 4.62. The van der Waals surface area contributed by atoms with Gasteiger partial charge in [-0.2, -0.15) is 0 Å². The van der Waals surface area contributed by atoms with Gasteiger partial charge < -0.3 is 9.80 Å². The second-order valence-corrected chi connectivity index (χ2v) is 10.4. The van der Waals surface area contributed by atoms with Crippen LogP contribution in [0.2, 0.25) is 0 Å². The largest absolute Gasteiger partial charge is 0.339 e. The fourth-order valence-electron chi connectivity index (χ4n) is 4.24. The van der Waals surface area contributed by atoms with E-state index in [9.17, 15) is 9.59 Å². The average molecular weight is 375 g/mol. The molecule has 142 valence electrons. The van der Waals surface area contributed by atoms with Gasteiger partial charge in [-0.05, 0) is 55.1 Å². The molecule has 0 spiro atoms. The molecule has 1 unspecified atom stereocenters. The van der Waals surface area contributed by atoms with Crippen LogP contribution >= 0.6 is 11.3 Å². The molecule has 4 nitrogen and oxygen atoms in total. The maximum Gasteiger partial charge on any atom is 0.264 e. The SMILES string of the molecule is CC(C)(C)C1CCc2sc(C(=O)N3CCN(C(=O)C4CC4)CC3)cc2C1. The fraction of sp³-hybridized carbons (Fsp3) is 0.714. The molecule has 3 aliphatic rings. The highest BCUT2D eigenvalue weighted by Gasteiger charge is 2.36. The summed E-state index contributed by atoms with van der Waals surface area (Å²) in [6.07, 6.45) is 5.54. The molecule has 0 radical (unpaired) electrons. The van der Waals surface area contributed by atoms with Gasteiger partial charge in [0.2, 0.25) is 5.91 Å². The predicted octanol–water partition coefficient (Wildman–Crippen LogP) is 3.59. The summed E-state index contributed by atoms with van der Waals surface area (Å²) in [5, 5.41) is 0. The Morgan fingerprint density at radius 1 is 1.04 bits per heavy atom. The Morgan fingerprint density at radius 3 is 2.31 bits per heavy atom. The van der Waals surface area contributed by atoms with Gasteiger partial charge in [-0.25, -0.2) is 0 Å². The van der Waals surface area contributed by atoms with Crippen LogP contribution in [0.15, 0.2) is 6.07 Å². The van der Waals surface area contributed by atoms with Gasteiger partial charge in [0.05, 0.1) is 4.88 Å². The molecule has 26 heavy (non-hydrogen) atoms. The van der Waals surface area contributed by atoms with E-state index >= 15 is 0 Å². The number of carbonyl (C=O) groups is 2. The Labute approximate surface area is 160 Å². The minimum Gasteiger partial charge on any atom is -0.339 e. The third-order valence-corrected chi connectivity index (χ3v) is 7.55. The lowest BCUT2D eigenvalue weighted by Crippen LogP contribution is -2.50. The Morgan fingerprint density at radius 2 is 1.69 bits per heavy atom. The minimum atomic E-state index is 0.162. The van der Waals surface area contributed by atoms with Gasteiger partial charge in [0, 0.05) is 37.0 Å². The summed E-state index contributed by atoms with van der Waals surface area (Å²) in [7, 11) is 0. The van der Waals surface area contributed by atoms with Crippen molar-refractivity contribution < 1.29 is 9.59 Å². The molecular weight excluding hydrogens is 344 g/mol. The van der Waals surface area contributed by atoms with Crippen LogP contribution in [0.4, 0.5) is 0 Å². The molecule has 4 rings (SSSR count). The van der Waals surface area contributed by atoms with Crippen LogP contribution in [-0.2, 0) is 17.6 Å². The molecule has 1 saturated heterocycles. The lowest BCUT2D eigenvalue weighted by molar-refractivity contribution is -0.134. The van der Waals surface area contributed by atoms with E-state index < -0.39 is 0 Å². The number of nitrogens with zero attached hydrogens (tertiary/aromatic N) is 2. The van der Waals surface area contributed by atoms with Crippen molar-refractivity contribution >= 4 is 23.2 Å². The lowest BCUT2D eigenvalue weighted by atomic mass is 9.72. The van der Waals surface area contributed by atoms with Crippen LogP contribution < -0.4 is 0 Å². The molecule has 1 aromatic heterocycles. The summed E-state index contributed by atoms with van der Waals surface area (Å²) in [6, 6.07) is 2.15. The lowest BCUT2D eigenvalue weighted by Gasteiger charge is -2.34. The zero-order valence-corrected chi connectivity index (χ0v) is 17.0. The number of rotatable bonds is 2. The van der Waals surface area contributed by atoms with Gasteiger partial charge in [0.15, 0.2) is 0 Å². The first-order valence-corrected chi connectivity index (χ1v) is 10.8. The van der Waals surface area contributed by atoms with E-state index in [1.54, 1.807) is 11.3 Å². The molecule has 2 fully saturated rings. The molecule has 0 aromatic carbocycles. The summed E-state index contributed by atoms with van der Waals surface area (Å²) in [5.74, 6) is 1.44. The van der Waals surface area contributed by atoms with E-state index in [0.29, 0.717) is 43.4 Å². The van der Waals surface area contributed by atoms with Crippen molar-refractivity contribution in [2.24, 2.45) is 17.3 Å². The Bertz CT molecular complexity index is 706. The number of hydrogen-bond donors (Lipinski definition) is 0. The molecule has 2 aliphatic carbocycles. The molecule has 0 N–H and O–H groups in total. The van der Waals surface area contributed by atoms with Gasteiger partial charge in [-0.1, -0.05) is 20.8 Å². The molecule has 2 amide bonds. The van der Waals surface area contributed by atoms with E-state index in [1.165, 1.54) is 16.9 Å². The van der Waals surface area contributed by atoms with Crippen molar-refractivity contribution in [3.63, 3.8) is 0 Å². The Hall–Kier alpha value is -1.36. The molecule has 2 heterocycles. The highest BCUT2D eigenvalue weighted by molar-refractivity contribution is 7.14. The number of fused-ring (bicyclic) bond motifs is 1. The van der Waals surface area contributed by atoms with Gasteiger partial charge >= 0.3 is 0 Å². The molecule has 1 aliphatic heterocycles. The molecule has 1 aromatic rings. The number of carbonyl (C=O) groups excluding carboxylic acids is 2. The van der Waals surface area contributed by atoms with Crippen molar-refractivity contribution in [1.29, 1.82) is 0 Å². The van der Waals surface area contributed by atoms with Crippen molar-refractivity contribution in [2.45, 2.75) is 52.9 Å². The number of amides is 2. The van der Waals surface area contributed by atoms with Crippen molar-refractivity contribution in [1.82, 2.24) is 9.80 Å². The summed E-state index contributed by atoms with van der Waals surface area (Å²) in [6.45, 7) is 9.70. The highest BCUT2D eigenvalue weighted by atomic mass is 32.1. The molecule has 1 atom stereocenters. The van der Waals surface area contributed by atoms with Crippen LogP contribution in [-0.4, -0.2) is 47.8 Å². The smallest absolute Gasteiger partial charge is 0.264 e. The first-order valence-electron chi connectivity index (χ1n) is 10.0. The van der Waals surface area contributed by atoms with Crippen molar-refractivity contribution in [3.8, 4) is 0 Å². The normalized spacial score (nSPS) is 23.7. The Balaban J connectivity index is 1.39. The second-order valence-electron chi connectivity index (χ2n) is 9.26. The van der Waals surface area contributed by atoms with Crippen LogP contribution in [0.1, 0.15) is 60.1 Å². The van der Waals surface area contributed by atoms with Crippen LogP contribution in [0.3, 0.4) is 0 Å². The van der Waals surface area contributed by atoms with E-state index in [1.807, 2.05) is 9.80 Å². The first kappa shape index (κ1) is 18.0. The number of aryl methyl sites for hydroxylation is 1. The van der Waals surface area contributed by atoms with Gasteiger partial charge in [-0.3, -0.25) is 9.59 Å². The average Bonchev–Trinajstić information content (AvgIpc) is 3.38. The van der Waals surface area contributed by atoms with Crippen LogP contribution in [0, 0.1) is 17.3 Å². The van der Waals surface area contributed by atoms with E-state index in [4.69, 9.17) is 0 Å². The zero-order valence-electron chi connectivity index (χ0n) is 16.2. The number of hydrogen-bond acceptors (Lipinski definition) is 3. The summed E-state index contributed by atoms with van der Waals surface area (Å²) in [5.41, 5.74) is 1.72. The van der Waals surface area contributed by atoms with Crippen molar-refractivity contribution in [2.75, 3.05) is 26.2 Å². The molecule has 1 saturated carbocycles. The molecule has 0 bridgehead atoms. The van der Waals surface area contributed by atoms with Gasteiger partial charge in [0.25, 0.3) is 5.91 Å². The topological polar surface area (TPSA) is 40.6 Å². The third-order valence-electron chi connectivity index (χ3n) is 6.32. The number of piperazine rings is 1. The maximum atomic E-state index is 13.0. The third kappa shape index (κ3) is 3.55. The van der Waals surface area contributed by atoms with Crippen molar-refractivity contribution in [3.05, 3.63) is 21.4 Å². The monoisotopic (exact) mass is 374 g/mol. The summed E-state index contributed by atoms with van der Waals surface area (Å²) in [4.78, 5) is 31.3. The second kappa shape index (κ2) is 6.66. The van der Waals surface area contributed by atoms with E-state index in [0.717, 1.165) is 30.6 Å². The summed E-state index contributed by atoms with van der Waals surface area (Å²) >= 11 is 1.70. The minimum absolute atomic E-state index is 0.162. The fourth-order valence-corrected chi connectivity index (χ4v) is 5.42. The first-order chi connectivity index (χ1) is 12.3. The van der Waals surface area contributed by atoms with Crippen LogP contribution in [0.5, 0.6) is 0 Å². The molecule has 5 heteroatoms. The van der Waals surface area contributed by atoms with Gasteiger partial charge in [-0.15, -0.1) is 11.3 Å². The van der Waals surface area contributed by atoms with Gasteiger partial charge in [0.1, 0.15) is 0 Å². The summed E-state index contributed by atoms with van der Waals surface area (Å²) < 4.78 is 0. The standard InChI is InChI=1S/C21H30N2O2S/c1-21(2,3)16-6-7-17-15(12-16)13-18(26-17)20(25)23-10-8-22(9-11-23)19(24)14-4-5-14/h13-14,16H,4-12H2,1-3H3. The molecular formula is C21H30N2O2S. The van der Waals surface area contributed by atoms with E-state index in [-0.39, 0.29) is 11.8 Å². The zero-order chi connectivity index (χ0) is 18.5. The predicted molar refractivity (Wildman–Crippen MR) is 104 cm³/mol. The maximum absolute atomic E-state index is 13.0. The quantitative estimate of drug-likeness (QED) is 0.794. The van der Waals surface area contributed by atoms with E-state index in [2.05, 4.69) is 26.8 Å². The highest BCUT2D eigenvalue weighted by Crippen LogP contribution is 2.40. The number of thiophene rings is 1.